The van der Waals surface area contributed by atoms with Gasteiger partial charge in [-0.2, -0.15) is 5.26 Å². The number of carbonyl (C=O) groups excluding carboxylic acids is 1. The highest BCUT2D eigenvalue weighted by atomic mass is 16.2. The highest BCUT2D eigenvalue weighted by Crippen LogP contribution is 2.38. The molecule has 1 amide bonds. The van der Waals surface area contributed by atoms with E-state index in [0.717, 1.165) is 36.1 Å². The quantitative estimate of drug-likeness (QED) is 0.842. The van der Waals surface area contributed by atoms with Crippen LogP contribution in [-0.4, -0.2) is 23.9 Å². The Hall–Kier alpha value is -1.82. The molecular formula is C17H20N2O. The predicted octanol–water partition coefficient (Wildman–Crippen LogP) is 2.55. The number of amides is 1. The average molecular weight is 268 g/mol. The first kappa shape index (κ1) is 13.2. The Morgan fingerprint density at radius 2 is 1.90 bits per heavy atom. The number of carbonyl (C=O) groups is 1. The summed E-state index contributed by atoms with van der Waals surface area (Å²) in [6.45, 7) is 1.90. The molecule has 104 valence electrons. The second kappa shape index (κ2) is 5.66. The lowest BCUT2D eigenvalue weighted by Gasteiger charge is -2.46. The third kappa shape index (κ3) is 2.56. The average Bonchev–Trinajstić information content (AvgIpc) is 2.33. The Labute approximate surface area is 120 Å². The maximum absolute atomic E-state index is 12.3. The van der Waals surface area contributed by atoms with Crippen LogP contribution in [0.15, 0.2) is 24.3 Å². The van der Waals surface area contributed by atoms with Gasteiger partial charge in [-0.1, -0.05) is 43.5 Å². The van der Waals surface area contributed by atoms with E-state index in [1.54, 1.807) is 0 Å². The van der Waals surface area contributed by atoms with Crippen molar-refractivity contribution in [3.8, 4) is 6.07 Å². The van der Waals surface area contributed by atoms with E-state index in [4.69, 9.17) is 5.26 Å². The number of benzene rings is 1. The lowest BCUT2D eigenvalue weighted by Crippen LogP contribution is -2.54. The van der Waals surface area contributed by atoms with Crippen molar-refractivity contribution in [3.63, 3.8) is 0 Å². The summed E-state index contributed by atoms with van der Waals surface area (Å²) >= 11 is 0. The molecule has 3 rings (SSSR count). The lowest BCUT2D eigenvalue weighted by molar-refractivity contribution is -0.139. The van der Waals surface area contributed by atoms with Crippen LogP contribution in [0.4, 0.5) is 0 Å². The zero-order chi connectivity index (χ0) is 13.9. The van der Waals surface area contributed by atoms with Crippen LogP contribution >= 0.6 is 0 Å². The van der Waals surface area contributed by atoms with E-state index in [-0.39, 0.29) is 5.91 Å². The van der Waals surface area contributed by atoms with Crippen molar-refractivity contribution in [2.75, 3.05) is 13.1 Å². The Morgan fingerprint density at radius 1 is 1.20 bits per heavy atom. The summed E-state index contributed by atoms with van der Waals surface area (Å²) in [7, 11) is 0. The fourth-order valence-corrected chi connectivity index (χ4v) is 3.19. The van der Waals surface area contributed by atoms with E-state index in [2.05, 4.69) is 6.07 Å². The van der Waals surface area contributed by atoms with Crippen LogP contribution in [0.1, 0.15) is 30.4 Å². The maximum Gasteiger partial charge on any atom is 0.227 e. The lowest BCUT2D eigenvalue weighted by atomic mass is 9.72. The van der Waals surface area contributed by atoms with Crippen LogP contribution in [-0.2, 0) is 17.6 Å². The zero-order valence-electron chi connectivity index (χ0n) is 11.7. The molecule has 1 saturated carbocycles. The van der Waals surface area contributed by atoms with Crippen LogP contribution in [0.5, 0.6) is 0 Å². The van der Waals surface area contributed by atoms with Gasteiger partial charge >= 0.3 is 0 Å². The smallest absolute Gasteiger partial charge is 0.227 e. The number of nitrogens with zero attached hydrogens (tertiary/aromatic N) is 2. The summed E-state index contributed by atoms with van der Waals surface area (Å²) in [6.07, 6.45) is 4.91. The van der Waals surface area contributed by atoms with Crippen LogP contribution in [0, 0.1) is 23.2 Å². The zero-order valence-corrected chi connectivity index (χ0v) is 11.7. The Kier molecular flexibility index (Phi) is 3.73. The topological polar surface area (TPSA) is 44.1 Å². The molecule has 3 nitrogen and oxygen atoms in total. The molecule has 20 heavy (non-hydrogen) atoms. The van der Waals surface area contributed by atoms with E-state index in [1.165, 1.54) is 19.3 Å². The second-order valence-electron chi connectivity index (χ2n) is 6.03. The normalized spacial score (nSPS) is 19.1. The highest BCUT2D eigenvalue weighted by Gasteiger charge is 2.38. The number of rotatable bonds is 4. The van der Waals surface area contributed by atoms with Gasteiger partial charge in [0.1, 0.15) is 0 Å². The summed E-state index contributed by atoms with van der Waals surface area (Å²) in [6, 6.07) is 9.95. The minimum atomic E-state index is 0.214. The van der Waals surface area contributed by atoms with Crippen molar-refractivity contribution in [3.05, 3.63) is 35.4 Å². The minimum absolute atomic E-state index is 0.214. The summed E-state index contributed by atoms with van der Waals surface area (Å²) < 4.78 is 0. The van der Waals surface area contributed by atoms with Gasteiger partial charge in [0.25, 0.3) is 0 Å². The molecule has 1 aromatic carbocycles. The molecule has 2 aliphatic rings. The van der Waals surface area contributed by atoms with Gasteiger partial charge in [-0.05, 0) is 23.0 Å². The molecule has 1 heterocycles. The van der Waals surface area contributed by atoms with Crippen LogP contribution in [0.2, 0.25) is 0 Å². The molecule has 1 aliphatic heterocycles. The molecular weight excluding hydrogens is 248 g/mol. The number of hydrogen-bond donors (Lipinski definition) is 0. The van der Waals surface area contributed by atoms with Gasteiger partial charge in [-0.3, -0.25) is 4.79 Å². The maximum atomic E-state index is 12.3. The van der Waals surface area contributed by atoms with Crippen LogP contribution < -0.4 is 0 Å². The van der Waals surface area contributed by atoms with Crippen molar-refractivity contribution in [1.29, 1.82) is 5.26 Å². The molecule has 2 fully saturated rings. The van der Waals surface area contributed by atoms with Gasteiger partial charge in [0.2, 0.25) is 5.91 Å². The molecule has 0 radical (unpaired) electrons. The minimum Gasteiger partial charge on any atom is -0.342 e. The fourth-order valence-electron chi connectivity index (χ4n) is 3.19. The molecule has 0 spiro atoms. The Balaban J connectivity index is 1.56. The van der Waals surface area contributed by atoms with Gasteiger partial charge in [-0.25, -0.2) is 0 Å². The molecule has 0 N–H and O–H groups in total. The van der Waals surface area contributed by atoms with Crippen molar-refractivity contribution in [1.82, 2.24) is 4.90 Å². The first-order chi connectivity index (χ1) is 9.78. The van der Waals surface area contributed by atoms with Gasteiger partial charge in [-0.15, -0.1) is 0 Å². The van der Waals surface area contributed by atoms with E-state index >= 15 is 0 Å². The second-order valence-corrected chi connectivity index (χ2v) is 6.03. The molecule has 0 atom stereocenters. The van der Waals surface area contributed by atoms with Crippen LogP contribution in [0.25, 0.3) is 0 Å². The van der Waals surface area contributed by atoms with Crippen molar-refractivity contribution in [2.45, 2.75) is 32.1 Å². The summed E-state index contributed by atoms with van der Waals surface area (Å²) in [5, 5.41) is 8.83. The van der Waals surface area contributed by atoms with E-state index in [0.29, 0.717) is 12.8 Å². The Bertz CT molecular complexity index is 536. The fraction of sp³-hybridized carbons (Fsp3) is 0.529. The molecule has 0 unspecified atom stereocenters. The summed E-state index contributed by atoms with van der Waals surface area (Å²) in [5.74, 6) is 1.85. The van der Waals surface area contributed by atoms with E-state index < -0.39 is 0 Å². The molecule has 3 heteroatoms. The van der Waals surface area contributed by atoms with Gasteiger partial charge in [0.05, 0.1) is 18.9 Å². The van der Waals surface area contributed by atoms with Crippen molar-refractivity contribution >= 4 is 5.91 Å². The SMILES string of the molecule is N#CCc1ccccc1CC(=O)N1CC(C2CCC2)C1. The molecule has 1 saturated heterocycles. The number of nitriles is 1. The first-order valence-electron chi connectivity index (χ1n) is 7.49. The summed E-state index contributed by atoms with van der Waals surface area (Å²) in [4.78, 5) is 14.2. The monoisotopic (exact) mass is 268 g/mol. The van der Waals surface area contributed by atoms with E-state index in [9.17, 15) is 4.79 Å². The summed E-state index contributed by atoms with van der Waals surface area (Å²) in [5.41, 5.74) is 1.99. The molecule has 0 aromatic heterocycles. The van der Waals surface area contributed by atoms with Gasteiger partial charge in [0, 0.05) is 13.1 Å². The van der Waals surface area contributed by atoms with E-state index in [1.807, 2.05) is 29.2 Å². The van der Waals surface area contributed by atoms with Crippen molar-refractivity contribution < 1.29 is 4.79 Å². The van der Waals surface area contributed by atoms with Crippen LogP contribution in [0.3, 0.4) is 0 Å². The Morgan fingerprint density at radius 3 is 2.50 bits per heavy atom. The number of likely N-dealkylation sites (tertiary alicyclic amines) is 1. The molecule has 1 aliphatic carbocycles. The van der Waals surface area contributed by atoms with Crippen molar-refractivity contribution in [2.24, 2.45) is 11.8 Å². The standard InChI is InChI=1S/C17H20N2O/c18-9-8-14-4-1-2-5-15(14)10-17(20)19-11-16(12-19)13-6-3-7-13/h1-2,4-5,13,16H,3,6-8,10-12H2. The predicted molar refractivity (Wildman–Crippen MR) is 76.9 cm³/mol. The highest BCUT2D eigenvalue weighted by molar-refractivity contribution is 5.80. The third-order valence-electron chi connectivity index (χ3n) is 4.81. The largest absolute Gasteiger partial charge is 0.342 e. The molecule has 0 bridgehead atoms. The number of hydrogen-bond acceptors (Lipinski definition) is 2. The molecule has 1 aromatic rings. The van der Waals surface area contributed by atoms with Gasteiger partial charge in [0.15, 0.2) is 0 Å². The first-order valence-corrected chi connectivity index (χ1v) is 7.49. The third-order valence-corrected chi connectivity index (χ3v) is 4.81. The van der Waals surface area contributed by atoms with Gasteiger partial charge < -0.3 is 4.90 Å².